The number of alkyl halides is 4. The molecule has 1 rings (SSSR count). The fraction of sp³-hybridized carbons (Fsp3) is 0.300. The Morgan fingerprint density at radius 3 is 2.29 bits per heavy atom. The number of ketones is 1. The van der Waals surface area contributed by atoms with Gasteiger partial charge in [0.2, 0.25) is 0 Å². The van der Waals surface area contributed by atoms with Crippen molar-refractivity contribution >= 4 is 28.4 Å². The second-order valence-corrected chi connectivity index (χ2v) is 4.27. The van der Waals surface area contributed by atoms with E-state index in [1.165, 1.54) is 0 Å². The minimum absolute atomic E-state index is 0.129. The Balaban J connectivity index is 3.31. The molecule has 0 unspecified atom stereocenters. The van der Waals surface area contributed by atoms with Crippen molar-refractivity contribution < 1.29 is 27.1 Å². The molecular formula is C10H7F4IO2. The van der Waals surface area contributed by atoms with E-state index < -0.39 is 30.1 Å². The minimum atomic E-state index is -3.17. The molecule has 0 amide bonds. The SMILES string of the molecule is CC(=O)c1cc(I)c(C(F)F)cc1OC(F)F. The van der Waals surface area contributed by atoms with E-state index in [-0.39, 0.29) is 9.13 Å². The van der Waals surface area contributed by atoms with Gasteiger partial charge in [0.15, 0.2) is 5.78 Å². The maximum atomic E-state index is 12.5. The Morgan fingerprint density at radius 1 is 1.29 bits per heavy atom. The van der Waals surface area contributed by atoms with Gasteiger partial charge in [-0.1, -0.05) is 0 Å². The summed E-state index contributed by atoms with van der Waals surface area (Å²) in [5, 5.41) is 0. The van der Waals surface area contributed by atoms with E-state index in [4.69, 9.17) is 0 Å². The number of hydrogen-bond acceptors (Lipinski definition) is 2. The van der Waals surface area contributed by atoms with Gasteiger partial charge in [-0.2, -0.15) is 8.78 Å². The summed E-state index contributed by atoms with van der Waals surface area (Å²) in [6, 6.07) is 1.89. The lowest BCUT2D eigenvalue weighted by molar-refractivity contribution is -0.0503. The van der Waals surface area contributed by atoms with Gasteiger partial charge in [-0.3, -0.25) is 4.79 Å². The molecule has 0 bridgehead atoms. The summed E-state index contributed by atoms with van der Waals surface area (Å²) in [4.78, 5) is 11.2. The maximum absolute atomic E-state index is 12.5. The van der Waals surface area contributed by atoms with Gasteiger partial charge < -0.3 is 4.74 Å². The van der Waals surface area contributed by atoms with E-state index in [2.05, 4.69) is 4.74 Å². The summed E-state index contributed by atoms with van der Waals surface area (Å²) in [7, 11) is 0. The lowest BCUT2D eigenvalue weighted by Gasteiger charge is -2.12. The van der Waals surface area contributed by atoms with Crippen LogP contribution in [-0.4, -0.2) is 12.4 Å². The van der Waals surface area contributed by atoms with Crippen LogP contribution >= 0.6 is 22.6 Å². The molecule has 17 heavy (non-hydrogen) atoms. The van der Waals surface area contributed by atoms with Crippen molar-refractivity contribution in [3.63, 3.8) is 0 Å². The van der Waals surface area contributed by atoms with Crippen LogP contribution < -0.4 is 4.74 Å². The van der Waals surface area contributed by atoms with Crippen molar-refractivity contribution in [3.8, 4) is 5.75 Å². The molecule has 0 aliphatic carbocycles. The maximum Gasteiger partial charge on any atom is 0.387 e. The molecule has 1 aromatic rings. The highest BCUT2D eigenvalue weighted by Crippen LogP contribution is 2.32. The van der Waals surface area contributed by atoms with Crippen molar-refractivity contribution in [2.24, 2.45) is 0 Å². The van der Waals surface area contributed by atoms with Crippen LogP contribution in [-0.2, 0) is 0 Å². The normalized spacial score (nSPS) is 11.1. The summed E-state index contributed by atoms with van der Waals surface area (Å²) in [5.41, 5.74) is -0.578. The molecule has 0 radical (unpaired) electrons. The van der Waals surface area contributed by atoms with Crippen LogP contribution in [0.2, 0.25) is 0 Å². The van der Waals surface area contributed by atoms with Gasteiger partial charge >= 0.3 is 6.61 Å². The monoisotopic (exact) mass is 362 g/mol. The number of benzene rings is 1. The predicted molar refractivity (Wildman–Crippen MR) is 60.8 cm³/mol. The first-order chi connectivity index (χ1) is 7.82. The number of hydrogen-bond donors (Lipinski definition) is 0. The van der Waals surface area contributed by atoms with Gasteiger partial charge in [0.05, 0.1) is 5.56 Å². The topological polar surface area (TPSA) is 26.3 Å². The average Bonchev–Trinajstić information content (AvgIpc) is 2.18. The Bertz CT molecular complexity index is 435. The van der Waals surface area contributed by atoms with E-state index in [1.807, 2.05) is 0 Å². The van der Waals surface area contributed by atoms with Gasteiger partial charge in [-0.15, -0.1) is 0 Å². The van der Waals surface area contributed by atoms with E-state index in [0.29, 0.717) is 0 Å². The number of Topliss-reactive ketones (excluding diaryl/α,β-unsaturated/α-hetero) is 1. The molecule has 1 aromatic carbocycles. The highest BCUT2D eigenvalue weighted by Gasteiger charge is 2.20. The standard InChI is InChI=1S/C10H7F4IO2/c1-4(16)5-2-7(15)6(9(11)12)3-8(5)17-10(13)14/h2-3,9-10H,1H3. The van der Waals surface area contributed by atoms with Crippen LogP contribution in [0.15, 0.2) is 12.1 Å². The molecule has 0 aliphatic rings. The number of ether oxygens (including phenoxy) is 1. The zero-order valence-electron chi connectivity index (χ0n) is 8.52. The third kappa shape index (κ3) is 3.55. The van der Waals surface area contributed by atoms with Crippen LogP contribution in [0.4, 0.5) is 17.6 Å². The summed E-state index contributed by atoms with van der Waals surface area (Å²) in [5.74, 6) is -1.05. The second-order valence-electron chi connectivity index (χ2n) is 3.11. The molecular weight excluding hydrogens is 355 g/mol. The Hall–Kier alpha value is -0.860. The number of halogens is 5. The molecule has 0 aliphatic heterocycles. The molecule has 0 atom stereocenters. The first-order valence-electron chi connectivity index (χ1n) is 4.40. The van der Waals surface area contributed by atoms with E-state index in [9.17, 15) is 22.4 Å². The van der Waals surface area contributed by atoms with Crippen molar-refractivity contribution in [2.75, 3.05) is 0 Å². The number of carbonyl (C=O) groups is 1. The van der Waals surface area contributed by atoms with Crippen molar-refractivity contribution in [1.82, 2.24) is 0 Å². The summed E-state index contributed by atoms with van der Waals surface area (Å²) in [6.45, 7) is -2.02. The fourth-order valence-electron chi connectivity index (χ4n) is 1.20. The number of rotatable bonds is 4. The molecule has 0 saturated heterocycles. The zero-order valence-corrected chi connectivity index (χ0v) is 10.7. The molecule has 0 saturated carbocycles. The minimum Gasteiger partial charge on any atom is -0.434 e. The van der Waals surface area contributed by atoms with Crippen molar-refractivity contribution in [2.45, 2.75) is 20.0 Å². The van der Waals surface area contributed by atoms with Gasteiger partial charge in [0.25, 0.3) is 6.43 Å². The summed E-state index contributed by atoms with van der Waals surface area (Å²) >= 11 is 1.61. The zero-order chi connectivity index (χ0) is 13.2. The highest BCUT2D eigenvalue weighted by molar-refractivity contribution is 14.1. The molecule has 0 fully saturated rings. The molecule has 0 N–H and O–H groups in total. The molecule has 0 spiro atoms. The molecule has 0 aromatic heterocycles. The third-order valence-electron chi connectivity index (χ3n) is 1.93. The Labute approximate surface area is 108 Å². The van der Waals surface area contributed by atoms with E-state index in [0.717, 1.165) is 19.1 Å². The van der Waals surface area contributed by atoms with Gasteiger partial charge in [0.1, 0.15) is 5.75 Å². The number of carbonyl (C=O) groups excluding carboxylic acids is 1. The van der Waals surface area contributed by atoms with Gasteiger partial charge in [-0.25, -0.2) is 8.78 Å². The Kier molecular flexibility index (Phi) is 4.72. The average molecular weight is 362 g/mol. The fourth-order valence-corrected chi connectivity index (χ4v) is 1.91. The van der Waals surface area contributed by atoms with Crippen LogP contribution in [0, 0.1) is 3.57 Å². The molecule has 0 heterocycles. The highest BCUT2D eigenvalue weighted by atomic mass is 127. The van der Waals surface area contributed by atoms with Crippen LogP contribution in [0.25, 0.3) is 0 Å². The van der Waals surface area contributed by atoms with Crippen molar-refractivity contribution in [1.29, 1.82) is 0 Å². The van der Waals surface area contributed by atoms with Gasteiger partial charge in [-0.05, 0) is 41.6 Å². The molecule has 7 heteroatoms. The quantitative estimate of drug-likeness (QED) is 0.459. The first kappa shape index (κ1) is 14.2. The van der Waals surface area contributed by atoms with Crippen LogP contribution in [0.1, 0.15) is 29.3 Å². The van der Waals surface area contributed by atoms with Crippen molar-refractivity contribution in [3.05, 3.63) is 26.8 Å². The molecule has 2 nitrogen and oxygen atoms in total. The van der Waals surface area contributed by atoms with Crippen LogP contribution in [0.5, 0.6) is 5.75 Å². The molecule has 94 valence electrons. The largest absolute Gasteiger partial charge is 0.434 e. The lowest BCUT2D eigenvalue weighted by Crippen LogP contribution is -2.08. The second kappa shape index (κ2) is 5.65. The van der Waals surface area contributed by atoms with Gasteiger partial charge in [0, 0.05) is 9.13 Å². The third-order valence-corrected chi connectivity index (χ3v) is 2.86. The Morgan fingerprint density at radius 2 is 1.88 bits per heavy atom. The van der Waals surface area contributed by atoms with E-state index in [1.54, 1.807) is 22.6 Å². The first-order valence-corrected chi connectivity index (χ1v) is 5.48. The lowest BCUT2D eigenvalue weighted by atomic mass is 10.1. The predicted octanol–water partition coefficient (Wildman–Crippen LogP) is 4.03. The summed E-state index contributed by atoms with van der Waals surface area (Å²) < 4.78 is 53.4. The smallest absolute Gasteiger partial charge is 0.387 e. The summed E-state index contributed by atoms with van der Waals surface area (Å²) in [6.07, 6.45) is -2.82. The van der Waals surface area contributed by atoms with E-state index >= 15 is 0 Å². The van der Waals surface area contributed by atoms with Crippen LogP contribution in [0.3, 0.4) is 0 Å².